The number of nitrogens with two attached hydrogens (primary N) is 1. The highest BCUT2D eigenvalue weighted by atomic mass is 35.5. The van der Waals surface area contributed by atoms with E-state index in [0.29, 0.717) is 27.4 Å². The first-order valence-corrected chi connectivity index (χ1v) is 6.81. The summed E-state index contributed by atoms with van der Waals surface area (Å²) in [5, 5.41) is 1.64. The van der Waals surface area contributed by atoms with Crippen LogP contribution in [0.25, 0.3) is 0 Å². The van der Waals surface area contributed by atoms with Crippen LogP contribution in [0.4, 0.5) is 0 Å². The first kappa shape index (κ1) is 14.5. The molecule has 2 nitrogen and oxygen atoms in total. The molecule has 19 heavy (non-hydrogen) atoms. The monoisotopic (exact) mass is 315 g/mol. The highest BCUT2D eigenvalue weighted by Gasteiger charge is 2.15. The van der Waals surface area contributed by atoms with Crippen molar-refractivity contribution in [3.05, 3.63) is 63.1 Å². The second-order valence-corrected chi connectivity index (χ2v) is 5.25. The van der Waals surface area contributed by atoms with Crippen molar-refractivity contribution in [1.29, 1.82) is 0 Å². The molecule has 0 spiro atoms. The second kappa shape index (κ2) is 6.49. The average molecular weight is 317 g/mol. The maximum atomic E-state index is 6.14. The van der Waals surface area contributed by atoms with Crippen LogP contribution in [0.3, 0.4) is 0 Å². The van der Waals surface area contributed by atoms with E-state index >= 15 is 0 Å². The van der Waals surface area contributed by atoms with Gasteiger partial charge in [-0.3, -0.25) is 0 Å². The van der Waals surface area contributed by atoms with Gasteiger partial charge in [-0.05, 0) is 24.3 Å². The molecule has 0 aliphatic heterocycles. The maximum Gasteiger partial charge on any atom is 0.137 e. The van der Waals surface area contributed by atoms with E-state index in [-0.39, 0.29) is 6.10 Å². The molecule has 0 aliphatic rings. The summed E-state index contributed by atoms with van der Waals surface area (Å²) in [4.78, 5) is 0. The molecule has 0 aliphatic carbocycles. The summed E-state index contributed by atoms with van der Waals surface area (Å²) >= 11 is 18.0. The highest BCUT2D eigenvalue weighted by molar-refractivity contribution is 6.34. The van der Waals surface area contributed by atoms with Crippen LogP contribution in [0, 0.1) is 0 Å². The van der Waals surface area contributed by atoms with Crippen LogP contribution < -0.4 is 10.5 Å². The van der Waals surface area contributed by atoms with Crippen LogP contribution in [-0.2, 0) is 0 Å². The van der Waals surface area contributed by atoms with Crippen LogP contribution >= 0.6 is 34.8 Å². The van der Waals surface area contributed by atoms with Crippen molar-refractivity contribution in [3.63, 3.8) is 0 Å². The Labute approximate surface area is 127 Å². The Kier molecular flexibility index (Phi) is 4.94. The van der Waals surface area contributed by atoms with E-state index in [1.807, 2.05) is 18.2 Å². The van der Waals surface area contributed by atoms with Crippen molar-refractivity contribution < 1.29 is 4.74 Å². The fourth-order valence-electron chi connectivity index (χ4n) is 1.74. The molecule has 100 valence electrons. The number of rotatable bonds is 4. The maximum absolute atomic E-state index is 6.14. The molecular weight excluding hydrogens is 305 g/mol. The summed E-state index contributed by atoms with van der Waals surface area (Å²) in [7, 11) is 0. The molecule has 1 unspecified atom stereocenters. The molecule has 0 aromatic heterocycles. The third-order valence-corrected chi connectivity index (χ3v) is 3.36. The third kappa shape index (κ3) is 3.77. The third-order valence-electron chi connectivity index (χ3n) is 2.58. The Hall–Kier alpha value is -0.930. The lowest BCUT2D eigenvalue weighted by Gasteiger charge is -2.19. The molecular formula is C14H12Cl3NO. The van der Waals surface area contributed by atoms with E-state index in [0.717, 1.165) is 5.56 Å². The Bertz CT molecular complexity index is 554. The molecule has 5 heteroatoms. The SMILES string of the molecule is NCC(Oc1cc(Cl)cc(Cl)c1)c1ccccc1Cl. The van der Waals surface area contributed by atoms with Gasteiger partial charge >= 0.3 is 0 Å². The highest BCUT2D eigenvalue weighted by Crippen LogP contribution is 2.30. The molecule has 2 rings (SSSR count). The summed E-state index contributed by atoms with van der Waals surface area (Å²) in [6.45, 7) is 0.299. The summed E-state index contributed by atoms with van der Waals surface area (Å²) in [6.07, 6.45) is -0.344. The quantitative estimate of drug-likeness (QED) is 0.885. The van der Waals surface area contributed by atoms with Crippen LogP contribution in [0.5, 0.6) is 5.75 Å². The van der Waals surface area contributed by atoms with Gasteiger partial charge in [0.05, 0.1) is 0 Å². The first-order chi connectivity index (χ1) is 9.10. The molecule has 0 amide bonds. The largest absolute Gasteiger partial charge is 0.484 e. The van der Waals surface area contributed by atoms with E-state index in [4.69, 9.17) is 45.3 Å². The number of halogens is 3. The van der Waals surface area contributed by atoms with Gasteiger partial charge in [-0.1, -0.05) is 53.0 Å². The van der Waals surface area contributed by atoms with Gasteiger partial charge < -0.3 is 10.5 Å². The Morgan fingerprint density at radius 2 is 1.63 bits per heavy atom. The lowest BCUT2D eigenvalue weighted by Crippen LogP contribution is -2.18. The Morgan fingerprint density at radius 3 is 2.21 bits per heavy atom. The molecule has 2 aromatic carbocycles. The van der Waals surface area contributed by atoms with E-state index in [1.165, 1.54) is 0 Å². The van der Waals surface area contributed by atoms with Crippen molar-refractivity contribution in [2.45, 2.75) is 6.10 Å². The van der Waals surface area contributed by atoms with Gasteiger partial charge in [0, 0.05) is 27.2 Å². The smallest absolute Gasteiger partial charge is 0.137 e. The van der Waals surface area contributed by atoms with Gasteiger partial charge in [0.15, 0.2) is 0 Å². The van der Waals surface area contributed by atoms with Crippen molar-refractivity contribution >= 4 is 34.8 Å². The van der Waals surface area contributed by atoms with Crippen molar-refractivity contribution in [2.24, 2.45) is 5.73 Å². The molecule has 0 saturated carbocycles. The minimum Gasteiger partial charge on any atom is -0.484 e. The van der Waals surface area contributed by atoms with Crippen molar-refractivity contribution in [2.75, 3.05) is 6.54 Å². The molecule has 0 bridgehead atoms. The Balaban J connectivity index is 2.26. The lowest BCUT2D eigenvalue weighted by atomic mass is 10.1. The molecule has 0 saturated heterocycles. The standard InChI is InChI=1S/C14H12Cl3NO/c15-9-5-10(16)7-11(6-9)19-14(8-18)12-3-1-2-4-13(12)17/h1-7,14H,8,18H2. The molecule has 0 fully saturated rings. The van der Waals surface area contributed by atoms with E-state index in [1.54, 1.807) is 24.3 Å². The molecule has 2 N–H and O–H groups in total. The molecule has 0 radical (unpaired) electrons. The van der Waals surface area contributed by atoms with Crippen LogP contribution in [0.2, 0.25) is 15.1 Å². The van der Waals surface area contributed by atoms with Gasteiger partial charge in [0.25, 0.3) is 0 Å². The molecule has 2 aromatic rings. The summed E-state index contributed by atoms with van der Waals surface area (Å²) in [6, 6.07) is 12.4. The minimum absolute atomic E-state index is 0.299. The lowest BCUT2D eigenvalue weighted by molar-refractivity contribution is 0.214. The predicted molar refractivity (Wildman–Crippen MR) is 80.3 cm³/mol. The van der Waals surface area contributed by atoms with Crippen LogP contribution in [0.1, 0.15) is 11.7 Å². The summed E-state index contributed by atoms with van der Waals surface area (Å²) in [5.74, 6) is 0.563. The second-order valence-electron chi connectivity index (χ2n) is 3.97. The molecule has 0 heterocycles. The van der Waals surface area contributed by atoms with Crippen LogP contribution in [-0.4, -0.2) is 6.54 Å². The van der Waals surface area contributed by atoms with E-state index < -0.39 is 0 Å². The molecule has 1 atom stereocenters. The minimum atomic E-state index is -0.344. The number of hydrogen-bond acceptors (Lipinski definition) is 2. The van der Waals surface area contributed by atoms with Gasteiger partial charge in [-0.2, -0.15) is 0 Å². The average Bonchev–Trinajstić information content (AvgIpc) is 2.36. The van der Waals surface area contributed by atoms with Gasteiger partial charge in [0.2, 0.25) is 0 Å². The van der Waals surface area contributed by atoms with Gasteiger partial charge in [-0.25, -0.2) is 0 Å². The van der Waals surface area contributed by atoms with Crippen molar-refractivity contribution in [3.8, 4) is 5.75 Å². The number of ether oxygens (including phenoxy) is 1. The number of benzene rings is 2. The van der Waals surface area contributed by atoms with Gasteiger partial charge in [-0.15, -0.1) is 0 Å². The normalized spacial score (nSPS) is 12.2. The zero-order chi connectivity index (χ0) is 13.8. The summed E-state index contributed by atoms with van der Waals surface area (Å²) < 4.78 is 5.81. The van der Waals surface area contributed by atoms with E-state index in [9.17, 15) is 0 Å². The zero-order valence-corrected chi connectivity index (χ0v) is 12.2. The Morgan fingerprint density at radius 1 is 1.00 bits per heavy atom. The fraction of sp³-hybridized carbons (Fsp3) is 0.143. The first-order valence-electron chi connectivity index (χ1n) is 5.67. The topological polar surface area (TPSA) is 35.2 Å². The number of hydrogen-bond donors (Lipinski definition) is 1. The van der Waals surface area contributed by atoms with Gasteiger partial charge in [0.1, 0.15) is 11.9 Å². The predicted octanol–water partition coefficient (Wildman–Crippen LogP) is 4.73. The van der Waals surface area contributed by atoms with E-state index in [2.05, 4.69) is 0 Å². The fourth-order valence-corrected chi connectivity index (χ4v) is 2.50. The summed E-state index contributed by atoms with van der Waals surface area (Å²) in [5.41, 5.74) is 6.58. The van der Waals surface area contributed by atoms with Crippen LogP contribution in [0.15, 0.2) is 42.5 Å². The zero-order valence-electron chi connectivity index (χ0n) is 9.95. The van der Waals surface area contributed by atoms with Crippen molar-refractivity contribution in [1.82, 2.24) is 0 Å².